The minimum absolute atomic E-state index is 0.860. The van der Waals surface area contributed by atoms with Crippen LogP contribution in [0.1, 0.15) is 92.4 Å². The van der Waals surface area contributed by atoms with Crippen molar-refractivity contribution in [1.82, 2.24) is 0 Å². The lowest BCUT2D eigenvalue weighted by Gasteiger charge is -2.20. The van der Waals surface area contributed by atoms with E-state index >= 15 is 0 Å². The number of hydrogen-bond donors (Lipinski definition) is 0. The topological polar surface area (TPSA) is 3.24 Å². The number of nitrogens with zero attached hydrogens (tertiary/aromatic N) is 1. The maximum Gasteiger partial charge on any atom is 0.0962 e. The van der Waals surface area contributed by atoms with Gasteiger partial charge in [0, 0.05) is 6.54 Å². The van der Waals surface area contributed by atoms with E-state index in [-0.39, 0.29) is 0 Å². The van der Waals surface area contributed by atoms with E-state index in [0.717, 1.165) is 24.3 Å². The second-order valence-electron chi connectivity index (χ2n) is 9.92. The molecule has 0 spiro atoms. The van der Waals surface area contributed by atoms with E-state index in [9.17, 15) is 0 Å². The highest BCUT2D eigenvalue weighted by atomic mass is 32.1. The minimum atomic E-state index is 0.860. The molecule has 0 aliphatic carbocycles. The first-order chi connectivity index (χ1) is 15.0. The molecule has 0 radical (unpaired) electrons. The summed E-state index contributed by atoms with van der Waals surface area (Å²) in [5.74, 6) is 2.63. The molecule has 2 atom stereocenters. The van der Waals surface area contributed by atoms with Gasteiger partial charge in [-0.15, -0.1) is 22.7 Å². The second kappa shape index (κ2) is 14.9. The Bertz CT molecular complexity index is 665. The molecule has 0 aromatic carbocycles. The first kappa shape index (κ1) is 26.2. The molecule has 174 valence electrons. The summed E-state index contributed by atoms with van der Waals surface area (Å²) in [5.41, 5.74) is 1.53. The largest absolute Gasteiger partial charge is 0.321 e. The standard InChI is InChI=1S/C28H45NS2/c1-23(2)11-6-12-24(3)13-7-14-25(4)15-8-16-26(5)19-20-29(27-17-9-21-30-27)28-18-10-22-31-28/h9-10,17-19,21-25H,6-8,11-16,20H2,1-5H3. The molecule has 0 aliphatic rings. The highest BCUT2D eigenvalue weighted by Crippen LogP contribution is 2.33. The van der Waals surface area contributed by atoms with Crippen LogP contribution in [-0.4, -0.2) is 6.54 Å². The Labute approximate surface area is 200 Å². The fourth-order valence-corrected chi connectivity index (χ4v) is 5.76. The summed E-state index contributed by atoms with van der Waals surface area (Å²) >= 11 is 3.64. The Kier molecular flexibility index (Phi) is 12.6. The van der Waals surface area contributed by atoms with E-state index in [1.54, 1.807) is 0 Å². The van der Waals surface area contributed by atoms with E-state index in [1.165, 1.54) is 73.4 Å². The summed E-state index contributed by atoms with van der Waals surface area (Å²) in [6, 6.07) is 8.73. The average Bonchev–Trinajstić information content (AvgIpc) is 3.42. The number of allylic oxidation sites excluding steroid dienone is 1. The van der Waals surface area contributed by atoms with E-state index in [4.69, 9.17) is 0 Å². The Balaban J connectivity index is 1.63. The Morgan fingerprint density at radius 2 is 1.32 bits per heavy atom. The molecule has 2 aromatic heterocycles. The highest BCUT2D eigenvalue weighted by molar-refractivity contribution is 7.16. The lowest BCUT2D eigenvalue weighted by Crippen LogP contribution is -2.14. The molecular weight excluding hydrogens is 414 g/mol. The third-order valence-corrected chi connectivity index (χ3v) is 8.09. The van der Waals surface area contributed by atoms with Crippen molar-refractivity contribution < 1.29 is 0 Å². The summed E-state index contributed by atoms with van der Waals surface area (Å²) in [4.78, 5) is 2.43. The van der Waals surface area contributed by atoms with Crippen molar-refractivity contribution in [2.24, 2.45) is 17.8 Å². The molecule has 0 saturated carbocycles. The van der Waals surface area contributed by atoms with E-state index in [1.807, 2.05) is 22.7 Å². The zero-order valence-electron chi connectivity index (χ0n) is 20.6. The highest BCUT2D eigenvalue weighted by Gasteiger charge is 2.10. The summed E-state index contributed by atoms with van der Waals surface area (Å²) in [6.07, 6.45) is 14.8. The molecule has 1 nitrogen and oxygen atoms in total. The molecule has 0 N–H and O–H groups in total. The minimum Gasteiger partial charge on any atom is -0.321 e. The van der Waals surface area contributed by atoms with Crippen LogP contribution >= 0.6 is 22.7 Å². The normalized spacial score (nSPS) is 14.2. The Morgan fingerprint density at radius 3 is 1.81 bits per heavy atom. The molecule has 31 heavy (non-hydrogen) atoms. The van der Waals surface area contributed by atoms with Crippen LogP contribution in [0.4, 0.5) is 10.0 Å². The third-order valence-electron chi connectivity index (χ3n) is 6.31. The molecule has 0 amide bonds. The van der Waals surface area contributed by atoms with Crippen molar-refractivity contribution in [2.45, 2.75) is 92.4 Å². The first-order valence-electron chi connectivity index (χ1n) is 12.5. The van der Waals surface area contributed by atoms with Gasteiger partial charge in [-0.25, -0.2) is 0 Å². The maximum atomic E-state index is 2.46. The summed E-state index contributed by atoms with van der Waals surface area (Å²) in [7, 11) is 0. The van der Waals surface area contributed by atoms with Crippen molar-refractivity contribution in [2.75, 3.05) is 11.4 Å². The monoisotopic (exact) mass is 459 g/mol. The Hall–Kier alpha value is -1.06. The number of rotatable bonds is 16. The van der Waals surface area contributed by atoms with Gasteiger partial charge in [0.05, 0.1) is 10.0 Å². The van der Waals surface area contributed by atoms with Crippen molar-refractivity contribution in [3.63, 3.8) is 0 Å². The van der Waals surface area contributed by atoms with Crippen molar-refractivity contribution in [1.29, 1.82) is 0 Å². The SMILES string of the molecule is CC(=CCN(c1cccs1)c1cccs1)CCCC(C)CCCC(C)CCCC(C)C. The van der Waals surface area contributed by atoms with Crippen LogP contribution < -0.4 is 4.90 Å². The molecule has 0 aliphatic heterocycles. The Morgan fingerprint density at radius 1 is 0.806 bits per heavy atom. The fourth-order valence-electron chi connectivity index (χ4n) is 4.19. The summed E-state index contributed by atoms with van der Waals surface area (Å²) in [6.45, 7) is 12.9. The van der Waals surface area contributed by atoms with Crippen LogP contribution in [0.15, 0.2) is 46.7 Å². The molecule has 2 unspecified atom stereocenters. The third kappa shape index (κ3) is 10.9. The molecule has 0 fully saturated rings. The molecule has 0 bridgehead atoms. The zero-order valence-corrected chi connectivity index (χ0v) is 22.2. The molecule has 0 saturated heterocycles. The lowest BCUT2D eigenvalue weighted by molar-refractivity contribution is 0.389. The van der Waals surface area contributed by atoms with Crippen molar-refractivity contribution >= 4 is 32.7 Å². The van der Waals surface area contributed by atoms with Crippen molar-refractivity contribution in [3.8, 4) is 0 Å². The van der Waals surface area contributed by atoms with Crippen LogP contribution in [0.3, 0.4) is 0 Å². The number of anilines is 2. The van der Waals surface area contributed by atoms with Crippen molar-refractivity contribution in [3.05, 3.63) is 46.7 Å². The fraction of sp³-hybridized carbons (Fsp3) is 0.643. The smallest absolute Gasteiger partial charge is 0.0962 e. The molecule has 2 rings (SSSR count). The zero-order chi connectivity index (χ0) is 22.5. The van der Waals surface area contributed by atoms with Gasteiger partial charge in [-0.3, -0.25) is 0 Å². The molecule has 2 heterocycles. The van der Waals surface area contributed by atoms with E-state index in [2.05, 4.69) is 80.6 Å². The summed E-state index contributed by atoms with van der Waals surface area (Å²) < 4.78 is 0. The van der Waals surface area contributed by atoms with Gasteiger partial charge in [-0.2, -0.15) is 0 Å². The van der Waals surface area contributed by atoms with Gasteiger partial charge in [-0.05, 0) is 72.5 Å². The van der Waals surface area contributed by atoms with Gasteiger partial charge in [0.15, 0.2) is 0 Å². The summed E-state index contributed by atoms with van der Waals surface area (Å²) in [5, 5.41) is 7.00. The van der Waals surface area contributed by atoms with E-state index < -0.39 is 0 Å². The number of hydrogen-bond acceptors (Lipinski definition) is 3. The predicted octanol–water partition coefficient (Wildman–Crippen LogP) is 10.3. The van der Waals surface area contributed by atoms with Gasteiger partial charge < -0.3 is 4.90 Å². The van der Waals surface area contributed by atoms with Gasteiger partial charge in [-0.1, -0.05) is 84.3 Å². The van der Waals surface area contributed by atoms with Crippen LogP contribution in [0.25, 0.3) is 0 Å². The molecular formula is C28H45NS2. The van der Waals surface area contributed by atoms with Crippen LogP contribution in [0, 0.1) is 17.8 Å². The first-order valence-corrected chi connectivity index (χ1v) is 14.2. The lowest BCUT2D eigenvalue weighted by atomic mass is 9.91. The maximum absolute atomic E-state index is 2.46. The van der Waals surface area contributed by atoms with Crippen LogP contribution in [0.5, 0.6) is 0 Å². The number of thiophene rings is 2. The predicted molar refractivity (Wildman–Crippen MR) is 144 cm³/mol. The second-order valence-corrected chi connectivity index (χ2v) is 11.8. The van der Waals surface area contributed by atoms with Gasteiger partial charge >= 0.3 is 0 Å². The quantitative estimate of drug-likeness (QED) is 0.226. The van der Waals surface area contributed by atoms with Gasteiger partial charge in [0.1, 0.15) is 0 Å². The van der Waals surface area contributed by atoms with E-state index in [0.29, 0.717) is 0 Å². The molecule has 2 aromatic rings. The van der Waals surface area contributed by atoms with Crippen LogP contribution in [-0.2, 0) is 0 Å². The molecule has 3 heteroatoms. The average molecular weight is 460 g/mol. The van der Waals surface area contributed by atoms with Gasteiger partial charge in [0.2, 0.25) is 0 Å². The van der Waals surface area contributed by atoms with Crippen LogP contribution in [0.2, 0.25) is 0 Å². The van der Waals surface area contributed by atoms with Gasteiger partial charge in [0.25, 0.3) is 0 Å².